The summed E-state index contributed by atoms with van der Waals surface area (Å²) >= 11 is 2.64. The summed E-state index contributed by atoms with van der Waals surface area (Å²) in [7, 11) is 3.98. The van der Waals surface area contributed by atoms with Crippen LogP contribution >= 0.6 is 23.1 Å². The Balaban J connectivity index is 1.85. The first kappa shape index (κ1) is 16.9. The van der Waals surface area contributed by atoms with Crippen LogP contribution in [0.25, 0.3) is 6.08 Å². The van der Waals surface area contributed by atoms with E-state index in [0.717, 1.165) is 22.7 Å². The summed E-state index contributed by atoms with van der Waals surface area (Å²) in [4.78, 5) is 15.3. The van der Waals surface area contributed by atoms with Crippen molar-refractivity contribution in [1.82, 2.24) is 10.2 Å². The van der Waals surface area contributed by atoms with Crippen molar-refractivity contribution < 1.29 is 4.79 Å². The van der Waals surface area contributed by atoms with Gasteiger partial charge in [0.05, 0.1) is 9.95 Å². The lowest BCUT2D eigenvalue weighted by molar-refractivity contribution is -0.114. The Kier molecular flexibility index (Phi) is 4.82. The molecule has 0 aliphatic carbocycles. The highest BCUT2D eigenvalue weighted by atomic mass is 32.2. The van der Waals surface area contributed by atoms with E-state index in [9.17, 15) is 4.79 Å². The summed E-state index contributed by atoms with van der Waals surface area (Å²) in [6.45, 7) is 2.00. The van der Waals surface area contributed by atoms with E-state index in [1.165, 1.54) is 23.1 Å². The first-order valence-corrected chi connectivity index (χ1v) is 9.24. The number of Topliss-reactive ketones (excluding diaryl/α,β-unsaturated/α-hetero) is 1. The number of hydrogen-bond acceptors (Lipinski definition) is 7. The number of nitrogens with one attached hydrogen (secondary N) is 1. The fourth-order valence-electron chi connectivity index (χ4n) is 2.36. The van der Waals surface area contributed by atoms with Crippen LogP contribution in [0.2, 0.25) is 0 Å². The predicted octanol–water partition coefficient (Wildman–Crippen LogP) is 3.58. The summed E-state index contributed by atoms with van der Waals surface area (Å²) in [6, 6.07) is 7.98. The van der Waals surface area contributed by atoms with Crippen molar-refractivity contribution in [3.05, 3.63) is 44.7 Å². The Bertz CT molecular complexity index is 808. The third kappa shape index (κ3) is 3.27. The summed E-state index contributed by atoms with van der Waals surface area (Å²) < 4.78 is 0. The minimum atomic E-state index is -0.583. The molecule has 1 saturated heterocycles. The summed E-state index contributed by atoms with van der Waals surface area (Å²) in [6.07, 6.45) is 2.64. The predicted molar refractivity (Wildman–Crippen MR) is 101 cm³/mol. The molecule has 2 aromatic rings. The molecule has 124 valence electrons. The number of hydrogen-bond donors (Lipinski definition) is 1. The number of aryl methyl sites for hydroxylation is 1. The molecule has 0 spiro atoms. The van der Waals surface area contributed by atoms with E-state index in [4.69, 9.17) is 5.41 Å². The number of carbonyl (C=O) groups excluding carboxylic acids is 1. The normalized spacial score (nSPS) is 19.3. The molecule has 1 aromatic carbocycles. The van der Waals surface area contributed by atoms with Gasteiger partial charge in [-0.05, 0) is 30.2 Å². The van der Waals surface area contributed by atoms with Gasteiger partial charge in [-0.1, -0.05) is 30.8 Å². The lowest BCUT2D eigenvalue weighted by Crippen LogP contribution is -2.11. The van der Waals surface area contributed by atoms with Gasteiger partial charge in [0, 0.05) is 19.8 Å². The molecule has 3 rings (SSSR count). The fraction of sp³-hybridized carbons (Fsp3) is 0.294. The van der Waals surface area contributed by atoms with Crippen LogP contribution in [0.5, 0.6) is 0 Å². The molecule has 1 aromatic heterocycles. The summed E-state index contributed by atoms with van der Waals surface area (Å²) in [5, 5.41) is 18.2. The topological polar surface area (TPSA) is 69.9 Å². The molecule has 24 heavy (non-hydrogen) atoms. The highest BCUT2D eigenvalue weighted by Gasteiger charge is 2.39. The Morgan fingerprint density at radius 2 is 1.96 bits per heavy atom. The van der Waals surface area contributed by atoms with Gasteiger partial charge >= 0.3 is 0 Å². The average Bonchev–Trinajstić information content (AvgIpc) is 3.13. The van der Waals surface area contributed by atoms with Crippen molar-refractivity contribution in [2.75, 3.05) is 19.0 Å². The van der Waals surface area contributed by atoms with Crippen LogP contribution < -0.4 is 4.90 Å². The third-order valence-electron chi connectivity index (χ3n) is 3.73. The highest BCUT2D eigenvalue weighted by Crippen LogP contribution is 2.41. The van der Waals surface area contributed by atoms with Gasteiger partial charge in [-0.25, -0.2) is 0 Å². The van der Waals surface area contributed by atoms with Crippen LogP contribution in [-0.2, 0) is 11.2 Å². The zero-order valence-corrected chi connectivity index (χ0v) is 15.4. The number of allylic oxidation sites excluding steroid dienone is 1. The van der Waals surface area contributed by atoms with Crippen LogP contribution in [0.1, 0.15) is 28.4 Å². The molecule has 0 bridgehead atoms. The molecular formula is C17H18N4OS2. The Labute approximate surface area is 149 Å². The van der Waals surface area contributed by atoms with Crippen molar-refractivity contribution >= 4 is 45.7 Å². The molecule has 1 aliphatic heterocycles. The molecule has 5 nitrogen and oxygen atoms in total. The monoisotopic (exact) mass is 358 g/mol. The number of benzene rings is 1. The first-order chi connectivity index (χ1) is 11.5. The number of thioether (sulfide) groups is 1. The van der Waals surface area contributed by atoms with E-state index >= 15 is 0 Å². The molecule has 0 radical (unpaired) electrons. The molecule has 1 aliphatic rings. The lowest BCUT2D eigenvalue weighted by atomic mass is 10.1. The van der Waals surface area contributed by atoms with Gasteiger partial charge in [0.2, 0.25) is 0 Å². The number of aromatic nitrogens is 2. The van der Waals surface area contributed by atoms with Crippen LogP contribution in [0, 0.1) is 5.41 Å². The summed E-state index contributed by atoms with van der Waals surface area (Å²) in [5.41, 5.74) is 2.06. The van der Waals surface area contributed by atoms with Gasteiger partial charge in [0.1, 0.15) is 15.9 Å². The molecule has 1 unspecified atom stereocenters. The van der Waals surface area contributed by atoms with Gasteiger partial charge in [0.15, 0.2) is 5.78 Å². The minimum Gasteiger partial charge on any atom is -0.378 e. The second-order valence-corrected chi connectivity index (χ2v) is 7.82. The van der Waals surface area contributed by atoms with E-state index in [0.29, 0.717) is 15.0 Å². The Hall–Kier alpha value is -1.99. The van der Waals surface area contributed by atoms with Crippen LogP contribution in [0.4, 0.5) is 5.69 Å². The standard InChI is InChI=1S/C17H18N4OS2/c1-4-13-19-20-17(24-13)14-15(22)12(23-16(14)18)9-10-5-7-11(8-6-10)21(2)3/h5-9,14,18H,4H2,1-3H3. The van der Waals surface area contributed by atoms with E-state index in [1.807, 2.05) is 56.3 Å². The van der Waals surface area contributed by atoms with Gasteiger partial charge in [0.25, 0.3) is 0 Å². The Morgan fingerprint density at radius 3 is 2.54 bits per heavy atom. The van der Waals surface area contributed by atoms with Crippen LogP contribution in [-0.4, -0.2) is 35.1 Å². The minimum absolute atomic E-state index is 0.0551. The first-order valence-electron chi connectivity index (χ1n) is 7.61. The zero-order valence-electron chi connectivity index (χ0n) is 13.7. The van der Waals surface area contributed by atoms with Crippen molar-refractivity contribution in [1.29, 1.82) is 5.41 Å². The average molecular weight is 358 g/mol. The van der Waals surface area contributed by atoms with Gasteiger partial charge in [-0.2, -0.15) is 0 Å². The molecule has 7 heteroatoms. The molecule has 1 fully saturated rings. The number of anilines is 1. The smallest absolute Gasteiger partial charge is 0.186 e. The van der Waals surface area contributed by atoms with Crippen molar-refractivity contribution in [3.63, 3.8) is 0 Å². The van der Waals surface area contributed by atoms with Crippen LogP contribution in [0.15, 0.2) is 29.2 Å². The van der Waals surface area contributed by atoms with Gasteiger partial charge < -0.3 is 4.90 Å². The van der Waals surface area contributed by atoms with Crippen molar-refractivity contribution in [2.45, 2.75) is 19.3 Å². The van der Waals surface area contributed by atoms with Gasteiger partial charge in [-0.3, -0.25) is 10.2 Å². The van der Waals surface area contributed by atoms with Crippen molar-refractivity contribution in [2.24, 2.45) is 0 Å². The number of carbonyl (C=O) groups is 1. The van der Waals surface area contributed by atoms with E-state index in [1.54, 1.807) is 0 Å². The molecule has 1 N–H and O–H groups in total. The molecule has 0 saturated carbocycles. The zero-order chi connectivity index (χ0) is 17.3. The van der Waals surface area contributed by atoms with E-state index < -0.39 is 5.92 Å². The van der Waals surface area contributed by atoms with E-state index in [-0.39, 0.29) is 5.78 Å². The highest BCUT2D eigenvalue weighted by molar-refractivity contribution is 8.19. The molecule has 0 amide bonds. The largest absolute Gasteiger partial charge is 0.378 e. The SMILES string of the molecule is CCc1nnc(C2C(=N)SC(=Cc3ccc(N(C)C)cc3)C2=O)s1. The van der Waals surface area contributed by atoms with E-state index in [2.05, 4.69) is 10.2 Å². The summed E-state index contributed by atoms with van der Waals surface area (Å²) in [5.74, 6) is -0.638. The second-order valence-electron chi connectivity index (χ2n) is 5.65. The maximum atomic E-state index is 12.7. The quantitative estimate of drug-likeness (QED) is 0.846. The molecular weight excluding hydrogens is 340 g/mol. The number of nitrogens with zero attached hydrogens (tertiary/aromatic N) is 3. The lowest BCUT2D eigenvalue weighted by Gasteiger charge is -2.11. The fourth-order valence-corrected chi connectivity index (χ4v) is 4.31. The number of ketones is 1. The van der Waals surface area contributed by atoms with Gasteiger partial charge in [-0.15, -0.1) is 21.5 Å². The number of rotatable bonds is 4. The van der Waals surface area contributed by atoms with Crippen LogP contribution in [0.3, 0.4) is 0 Å². The molecule has 2 heterocycles. The third-order valence-corrected chi connectivity index (χ3v) is 5.85. The maximum Gasteiger partial charge on any atom is 0.186 e. The van der Waals surface area contributed by atoms with Crippen molar-refractivity contribution in [3.8, 4) is 0 Å². The Morgan fingerprint density at radius 1 is 1.25 bits per heavy atom. The second kappa shape index (κ2) is 6.86. The maximum absolute atomic E-state index is 12.7. The molecule has 1 atom stereocenters.